The maximum atomic E-state index is 5.29. The smallest absolute Gasteiger partial charge is 0.191 e. The van der Waals surface area contributed by atoms with Crippen molar-refractivity contribution in [3.05, 3.63) is 54.1 Å². The number of guanidine groups is 1. The van der Waals surface area contributed by atoms with Gasteiger partial charge in [-0.2, -0.15) is 0 Å². The Hall–Kier alpha value is -2.36. The number of aromatic nitrogens is 3. The van der Waals surface area contributed by atoms with Crippen LogP contribution in [0.3, 0.4) is 0 Å². The second-order valence-electron chi connectivity index (χ2n) is 6.46. The predicted octanol–water partition coefficient (Wildman–Crippen LogP) is 3.38. The number of hydrogen-bond acceptors (Lipinski definition) is 4. The second kappa shape index (κ2) is 11.6. The fourth-order valence-corrected chi connectivity index (χ4v) is 3.04. The summed E-state index contributed by atoms with van der Waals surface area (Å²) in [5.41, 5.74) is 1.17. The number of fused-ring (bicyclic) bond motifs is 1. The van der Waals surface area contributed by atoms with Crippen LogP contribution in [0.25, 0.3) is 10.8 Å². The zero-order chi connectivity index (χ0) is 19.8. The van der Waals surface area contributed by atoms with Gasteiger partial charge in [-0.1, -0.05) is 25.1 Å². The van der Waals surface area contributed by atoms with E-state index in [9.17, 15) is 0 Å². The van der Waals surface area contributed by atoms with Crippen molar-refractivity contribution in [1.82, 2.24) is 25.4 Å². The summed E-state index contributed by atoms with van der Waals surface area (Å²) in [7, 11) is 1.69. The average Bonchev–Trinajstić information content (AvgIpc) is 3.19. The van der Waals surface area contributed by atoms with E-state index in [0.29, 0.717) is 6.54 Å². The van der Waals surface area contributed by atoms with Crippen molar-refractivity contribution in [2.75, 3.05) is 20.2 Å². The highest BCUT2D eigenvalue weighted by Crippen LogP contribution is 2.22. The highest BCUT2D eigenvalue weighted by molar-refractivity contribution is 14.0. The number of aliphatic imine (C=N–C) groups is 1. The molecule has 0 aliphatic carbocycles. The van der Waals surface area contributed by atoms with Gasteiger partial charge in [-0.15, -0.1) is 34.2 Å². The minimum atomic E-state index is 0. The summed E-state index contributed by atoms with van der Waals surface area (Å²) < 4.78 is 7.35. The first kappa shape index (κ1) is 22.9. The van der Waals surface area contributed by atoms with E-state index >= 15 is 0 Å². The van der Waals surface area contributed by atoms with Crippen molar-refractivity contribution in [3.8, 4) is 5.75 Å². The van der Waals surface area contributed by atoms with E-state index in [0.717, 1.165) is 49.0 Å². The molecule has 2 aromatic carbocycles. The van der Waals surface area contributed by atoms with Gasteiger partial charge in [0.15, 0.2) is 5.96 Å². The van der Waals surface area contributed by atoms with E-state index in [1.54, 1.807) is 13.4 Å². The summed E-state index contributed by atoms with van der Waals surface area (Å²) in [4.78, 5) is 4.71. The van der Waals surface area contributed by atoms with Crippen molar-refractivity contribution in [1.29, 1.82) is 0 Å². The van der Waals surface area contributed by atoms with Gasteiger partial charge in [0.05, 0.1) is 13.7 Å². The van der Waals surface area contributed by atoms with Gasteiger partial charge in [0, 0.05) is 26.1 Å². The lowest BCUT2D eigenvalue weighted by molar-refractivity contribution is 0.415. The number of benzene rings is 2. The van der Waals surface area contributed by atoms with Crippen LogP contribution in [0, 0.1) is 0 Å². The molecule has 0 atom stereocenters. The molecule has 0 fully saturated rings. The Morgan fingerprint density at radius 1 is 1.10 bits per heavy atom. The molecule has 0 aliphatic heterocycles. The quantitative estimate of drug-likeness (QED) is 0.277. The molecule has 1 aromatic heterocycles. The molecule has 1 heterocycles. The minimum Gasteiger partial charge on any atom is -0.497 e. The van der Waals surface area contributed by atoms with Crippen molar-refractivity contribution in [2.45, 2.75) is 33.4 Å². The largest absolute Gasteiger partial charge is 0.497 e. The standard InChI is InChI=1S/C21H28N6O.HI/c1-4-20-26-25-15-27(20)11-10-23-21(22-5-2)24-14-16-6-7-18-13-19(28-3)9-8-17(18)12-16;/h6-9,12-13,15H,4-5,10-11,14H2,1-3H3,(H2,22,23,24);1H. The maximum Gasteiger partial charge on any atom is 0.191 e. The molecule has 0 radical (unpaired) electrons. The van der Waals surface area contributed by atoms with Crippen LogP contribution in [-0.4, -0.2) is 40.9 Å². The minimum absolute atomic E-state index is 0. The van der Waals surface area contributed by atoms with E-state index in [1.165, 1.54) is 10.9 Å². The molecule has 2 N–H and O–H groups in total. The molecule has 3 rings (SSSR count). The third-order valence-corrected chi connectivity index (χ3v) is 4.53. The van der Waals surface area contributed by atoms with Gasteiger partial charge in [-0.3, -0.25) is 0 Å². The fourth-order valence-electron chi connectivity index (χ4n) is 3.04. The van der Waals surface area contributed by atoms with Crippen LogP contribution in [0.5, 0.6) is 5.75 Å². The van der Waals surface area contributed by atoms with Crippen molar-refractivity contribution < 1.29 is 4.74 Å². The number of hydrogen-bond donors (Lipinski definition) is 2. The van der Waals surface area contributed by atoms with Gasteiger partial charge in [0.2, 0.25) is 0 Å². The predicted molar refractivity (Wildman–Crippen MR) is 128 cm³/mol. The summed E-state index contributed by atoms with van der Waals surface area (Å²) in [6.07, 6.45) is 2.65. The van der Waals surface area contributed by atoms with E-state index < -0.39 is 0 Å². The zero-order valence-corrected chi connectivity index (χ0v) is 19.5. The number of methoxy groups -OCH3 is 1. The molecule has 7 nitrogen and oxygen atoms in total. The number of nitrogens with zero attached hydrogens (tertiary/aromatic N) is 4. The van der Waals surface area contributed by atoms with Crippen LogP contribution in [0.2, 0.25) is 0 Å². The summed E-state index contributed by atoms with van der Waals surface area (Å²) in [5, 5.41) is 17.1. The van der Waals surface area contributed by atoms with Gasteiger partial charge < -0.3 is 19.9 Å². The molecule has 0 bridgehead atoms. The monoisotopic (exact) mass is 508 g/mol. The molecule has 156 valence electrons. The van der Waals surface area contributed by atoms with Gasteiger partial charge in [0.25, 0.3) is 0 Å². The van der Waals surface area contributed by atoms with Crippen molar-refractivity contribution in [2.24, 2.45) is 4.99 Å². The first-order chi connectivity index (χ1) is 13.7. The topological polar surface area (TPSA) is 76.4 Å². The van der Waals surface area contributed by atoms with Crippen LogP contribution in [0.4, 0.5) is 0 Å². The Balaban J connectivity index is 0.00000300. The Labute approximate surface area is 189 Å². The average molecular weight is 508 g/mol. The van der Waals surface area contributed by atoms with E-state index in [2.05, 4.69) is 63.5 Å². The highest BCUT2D eigenvalue weighted by atomic mass is 127. The second-order valence-corrected chi connectivity index (χ2v) is 6.46. The van der Waals surface area contributed by atoms with Gasteiger partial charge in [-0.25, -0.2) is 4.99 Å². The first-order valence-corrected chi connectivity index (χ1v) is 9.69. The molecule has 0 aliphatic rings. The molecular formula is C21H29IN6O. The first-order valence-electron chi connectivity index (χ1n) is 9.69. The summed E-state index contributed by atoms with van der Waals surface area (Å²) >= 11 is 0. The number of rotatable bonds is 8. The van der Waals surface area contributed by atoms with Crippen LogP contribution < -0.4 is 15.4 Å². The van der Waals surface area contributed by atoms with Gasteiger partial charge >= 0.3 is 0 Å². The van der Waals surface area contributed by atoms with Crippen LogP contribution in [0.1, 0.15) is 25.2 Å². The lowest BCUT2D eigenvalue weighted by Gasteiger charge is -2.12. The zero-order valence-electron chi connectivity index (χ0n) is 17.2. The molecule has 0 saturated carbocycles. The molecule has 0 unspecified atom stereocenters. The molecule has 3 aromatic rings. The number of halogens is 1. The number of nitrogens with one attached hydrogen (secondary N) is 2. The fraction of sp³-hybridized carbons (Fsp3) is 0.381. The van der Waals surface area contributed by atoms with Crippen molar-refractivity contribution in [3.63, 3.8) is 0 Å². The third kappa shape index (κ3) is 6.31. The van der Waals surface area contributed by atoms with E-state index in [1.807, 2.05) is 12.1 Å². The van der Waals surface area contributed by atoms with Crippen LogP contribution >= 0.6 is 24.0 Å². The van der Waals surface area contributed by atoms with Gasteiger partial charge in [0.1, 0.15) is 17.9 Å². The summed E-state index contributed by atoms with van der Waals surface area (Å²) in [6.45, 7) is 7.14. The lowest BCUT2D eigenvalue weighted by Crippen LogP contribution is -2.38. The molecule has 29 heavy (non-hydrogen) atoms. The number of aryl methyl sites for hydroxylation is 1. The highest BCUT2D eigenvalue weighted by Gasteiger charge is 2.03. The van der Waals surface area contributed by atoms with Crippen molar-refractivity contribution >= 4 is 40.7 Å². The van der Waals surface area contributed by atoms with Crippen LogP contribution in [-0.2, 0) is 19.5 Å². The Kier molecular flexibility index (Phi) is 9.17. The number of ether oxygens (including phenoxy) is 1. The van der Waals surface area contributed by atoms with Gasteiger partial charge in [-0.05, 0) is 41.5 Å². The molecule has 8 heteroatoms. The molecular weight excluding hydrogens is 479 g/mol. The molecule has 0 amide bonds. The van der Waals surface area contributed by atoms with E-state index in [-0.39, 0.29) is 24.0 Å². The summed E-state index contributed by atoms with van der Waals surface area (Å²) in [6, 6.07) is 12.5. The van der Waals surface area contributed by atoms with E-state index in [4.69, 9.17) is 9.73 Å². The summed E-state index contributed by atoms with van der Waals surface area (Å²) in [5.74, 6) is 2.68. The normalized spacial score (nSPS) is 11.2. The lowest BCUT2D eigenvalue weighted by atomic mass is 10.1. The molecule has 0 saturated heterocycles. The Morgan fingerprint density at radius 2 is 1.90 bits per heavy atom. The van der Waals surface area contributed by atoms with Crippen LogP contribution in [0.15, 0.2) is 47.7 Å². The Bertz CT molecular complexity index is 940. The maximum absolute atomic E-state index is 5.29. The Morgan fingerprint density at radius 3 is 2.66 bits per heavy atom. The SMILES string of the molecule is CCNC(=NCc1ccc2cc(OC)ccc2c1)NCCn1cnnc1CC.I. The third-order valence-electron chi connectivity index (χ3n) is 4.53. The molecule has 0 spiro atoms.